The van der Waals surface area contributed by atoms with E-state index in [0.717, 1.165) is 12.8 Å². The number of anilines is 2. The molecule has 9 nitrogen and oxygen atoms in total. The van der Waals surface area contributed by atoms with Crippen molar-refractivity contribution in [3.63, 3.8) is 0 Å². The number of hydrogen-bond acceptors (Lipinski definition) is 7. The number of aryl methyl sites for hydroxylation is 1. The molecule has 12 heteroatoms. The van der Waals surface area contributed by atoms with Crippen molar-refractivity contribution in [2.45, 2.75) is 32.0 Å². The summed E-state index contributed by atoms with van der Waals surface area (Å²) in [5.41, 5.74) is 0.764. The molecule has 1 atom stereocenters. The fourth-order valence-electron chi connectivity index (χ4n) is 4.56. The summed E-state index contributed by atoms with van der Waals surface area (Å²) in [5, 5.41) is 14.1. The number of amides is 1. The Morgan fingerprint density at radius 1 is 1.12 bits per heavy atom. The van der Waals surface area contributed by atoms with Gasteiger partial charge in [-0.3, -0.25) is 9.48 Å². The lowest BCUT2D eigenvalue weighted by molar-refractivity contribution is -0.180. The molecule has 3 aliphatic rings. The van der Waals surface area contributed by atoms with Gasteiger partial charge in [-0.05, 0) is 19.8 Å². The Morgan fingerprint density at radius 2 is 1.79 bits per heavy atom. The summed E-state index contributed by atoms with van der Waals surface area (Å²) in [6.07, 6.45) is 0.883. The molecule has 3 fully saturated rings. The van der Waals surface area contributed by atoms with Crippen molar-refractivity contribution in [3.8, 4) is 17.5 Å². The van der Waals surface area contributed by atoms with E-state index in [0.29, 0.717) is 36.8 Å². The highest BCUT2D eigenvalue weighted by molar-refractivity contribution is 5.82. The van der Waals surface area contributed by atoms with Gasteiger partial charge in [0.1, 0.15) is 11.6 Å². The van der Waals surface area contributed by atoms with E-state index in [1.165, 1.54) is 4.90 Å². The van der Waals surface area contributed by atoms with Gasteiger partial charge in [0.05, 0.1) is 17.7 Å². The van der Waals surface area contributed by atoms with Crippen molar-refractivity contribution in [2.24, 2.45) is 18.9 Å². The van der Waals surface area contributed by atoms with Crippen LogP contribution in [0, 0.1) is 23.2 Å². The molecule has 0 radical (unpaired) electrons. The summed E-state index contributed by atoms with van der Waals surface area (Å²) < 4.78 is 40.9. The first kappa shape index (κ1) is 22.4. The summed E-state index contributed by atoms with van der Waals surface area (Å²) in [5.74, 6) is -0.262. The van der Waals surface area contributed by atoms with Gasteiger partial charge < -0.3 is 14.7 Å². The lowest BCUT2D eigenvalue weighted by Crippen LogP contribution is -2.55. The van der Waals surface area contributed by atoms with E-state index in [1.54, 1.807) is 24.1 Å². The lowest BCUT2D eigenvalue weighted by Gasteiger charge is -2.43. The maximum Gasteiger partial charge on any atom is 0.395 e. The number of carbonyl (C=O) groups excluding carboxylic acids is 1. The van der Waals surface area contributed by atoms with Gasteiger partial charge in [-0.2, -0.15) is 23.5 Å². The van der Waals surface area contributed by atoms with Gasteiger partial charge in [-0.25, -0.2) is 9.97 Å². The monoisotopic (exact) mass is 474 g/mol. The highest BCUT2D eigenvalue weighted by Crippen LogP contribution is 2.39. The molecular weight excluding hydrogens is 449 g/mol. The average Bonchev–Trinajstić information content (AvgIpc) is 3.51. The van der Waals surface area contributed by atoms with Gasteiger partial charge in [-0.15, -0.1) is 0 Å². The second-order valence-electron chi connectivity index (χ2n) is 9.33. The average molecular weight is 474 g/mol. The maximum absolute atomic E-state index is 13.1. The Morgan fingerprint density at radius 3 is 2.32 bits per heavy atom. The number of nitrogens with zero attached hydrogens (tertiary/aromatic N) is 8. The molecule has 2 saturated heterocycles. The molecule has 1 aliphatic carbocycles. The molecule has 0 N–H and O–H groups in total. The molecule has 2 aromatic rings. The van der Waals surface area contributed by atoms with Crippen molar-refractivity contribution in [1.82, 2.24) is 24.6 Å². The third kappa shape index (κ3) is 4.03. The largest absolute Gasteiger partial charge is 0.395 e. The maximum atomic E-state index is 13.1. The highest BCUT2D eigenvalue weighted by atomic mass is 19.4. The Hall–Kier alpha value is -3.36. The normalized spacial score (nSPS) is 21.4. The quantitative estimate of drug-likeness (QED) is 0.671. The number of carbonyl (C=O) groups is 1. The Balaban J connectivity index is 1.48. The number of hydrogen-bond donors (Lipinski definition) is 0. The molecule has 5 rings (SSSR count). The molecular formula is C22H25F3N8O. The number of rotatable bonds is 4. The van der Waals surface area contributed by atoms with E-state index in [2.05, 4.69) is 21.1 Å². The summed E-state index contributed by atoms with van der Waals surface area (Å²) in [6, 6.07) is 2.06. The summed E-state index contributed by atoms with van der Waals surface area (Å²) >= 11 is 0. The third-order valence-corrected chi connectivity index (χ3v) is 6.73. The summed E-state index contributed by atoms with van der Waals surface area (Å²) in [4.78, 5) is 27.1. The molecule has 0 unspecified atom stereocenters. The van der Waals surface area contributed by atoms with Crippen LogP contribution < -0.4 is 9.80 Å². The number of alkyl halides is 3. The van der Waals surface area contributed by atoms with Crippen LogP contribution in [-0.4, -0.2) is 75.5 Å². The number of aromatic nitrogens is 4. The van der Waals surface area contributed by atoms with Crippen molar-refractivity contribution < 1.29 is 18.0 Å². The van der Waals surface area contributed by atoms with Gasteiger partial charge >= 0.3 is 6.18 Å². The Bertz CT molecular complexity index is 1150. The molecule has 2 aliphatic heterocycles. The van der Waals surface area contributed by atoms with E-state index in [1.807, 2.05) is 16.7 Å². The van der Waals surface area contributed by atoms with Crippen LogP contribution in [-0.2, 0) is 11.8 Å². The zero-order chi connectivity index (χ0) is 24.2. The smallest absolute Gasteiger partial charge is 0.354 e. The fraction of sp³-hybridized carbons (Fsp3) is 0.591. The predicted octanol–water partition coefficient (Wildman–Crippen LogP) is 2.19. The van der Waals surface area contributed by atoms with Crippen LogP contribution in [0.5, 0.6) is 0 Å². The van der Waals surface area contributed by atoms with Gasteiger partial charge in [-0.1, -0.05) is 0 Å². The first-order valence-electron chi connectivity index (χ1n) is 11.3. The first-order valence-corrected chi connectivity index (χ1v) is 11.3. The number of halogens is 3. The lowest BCUT2D eigenvalue weighted by atomic mass is 9.99. The third-order valence-electron chi connectivity index (χ3n) is 6.73. The van der Waals surface area contributed by atoms with Crippen molar-refractivity contribution in [2.75, 3.05) is 42.5 Å². The molecule has 2 aromatic heterocycles. The SMILES string of the molecule is C[C@@H]1CN(c2nc(-c3cnn(C)c3)nc(N3CC(C(F)(F)F)C3)c2C#N)CCN1C(=O)C1CC1. The summed E-state index contributed by atoms with van der Waals surface area (Å²) in [7, 11) is 1.75. The second-order valence-corrected chi connectivity index (χ2v) is 9.33. The van der Waals surface area contributed by atoms with Crippen LogP contribution in [0.25, 0.3) is 11.4 Å². The van der Waals surface area contributed by atoms with Crippen LogP contribution in [0.4, 0.5) is 24.8 Å². The van der Waals surface area contributed by atoms with Gasteiger partial charge in [0.25, 0.3) is 0 Å². The molecule has 0 bridgehead atoms. The predicted molar refractivity (Wildman–Crippen MR) is 117 cm³/mol. The van der Waals surface area contributed by atoms with E-state index in [-0.39, 0.29) is 42.3 Å². The fourth-order valence-corrected chi connectivity index (χ4v) is 4.56. The van der Waals surface area contributed by atoms with Gasteiger partial charge in [0, 0.05) is 57.9 Å². The van der Waals surface area contributed by atoms with Crippen LogP contribution >= 0.6 is 0 Å². The summed E-state index contributed by atoms with van der Waals surface area (Å²) in [6.45, 7) is 2.92. The second kappa shape index (κ2) is 8.14. The zero-order valence-electron chi connectivity index (χ0n) is 19.0. The van der Waals surface area contributed by atoms with Gasteiger partial charge in [0.15, 0.2) is 17.5 Å². The van der Waals surface area contributed by atoms with Gasteiger partial charge in [0.2, 0.25) is 5.91 Å². The molecule has 180 valence electrons. The minimum atomic E-state index is -4.29. The molecule has 34 heavy (non-hydrogen) atoms. The molecule has 0 aromatic carbocycles. The molecule has 4 heterocycles. The first-order chi connectivity index (χ1) is 16.2. The zero-order valence-corrected chi connectivity index (χ0v) is 19.0. The van der Waals surface area contributed by atoms with Crippen LogP contribution in [0.2, 0.25) is 0 Å². The molecule has 1 amide bonds. The van der Waals surface area contributed by atoms with E-state index in [9.17, 15) is 23.2 Å². The van der Waals surface area contributed by atoms with Crippen molar-refractivity contribution in [1.29, 1.82) is 5.26 Å². The minimum absolute atomic E-state index is 0.0766. The van der Waals surface area contributed by atoms with Crippen LogP contribution in [0.15, 0.2) is 12.4 Å². The van der Waals surface area contributed by atoms with E-state index >= 15 is 0 Å². The van der Waals surface area contributed by atoms with Crippen molar-refractivity contribution in [3.05, 3.63) is 18.0 Å². The molecule has 0 spiro atoms. The standard InChI is InChI=1S/C22H25F3N8O/c1-13-9-31(5-6-33(13)21(34)14-3-4-14)19-17(7-26)20(32-11-16(12-32)22(23,24)25)29-18(28-19)15-8-27-30(2)10-15/h8,10,13-14,16H,3-6,9,11-12H2,1-2H3/t13-/m1/s1. The van der Waals surface area contributed by atoms with Crippen LogP contribution in [0.3, 0.4) is 0 Å². The Labute approximate surface area is 194 Å². The minimum Gasteiger partial charge on any atom is -0.354 e. The topological polar surface area (TPSA) is 94.2 Å². The highest BCUT2D eigenvalue weighted by Gasteiger charge is 2.48. The van der Waals surface area contributed by atoms with Crippen LogP contribution in [0.1, 0.15) is 25.3 Å². The van der Waals surface area contributed by atoms with E-state index in [4.69, 9.17) is 0 Å². The Kier molecular flexibility index (Phi) is 5.37. The van der Waals surface area contributed by atoms with Crippen molar-refractivity contribution >= 4 is 17.5 Å². The molecule has 1 saturated carbocycles. The number of piperazine rings is 1. The number of nitriles is 1. The van der Waals surface area contributed by atoms with E-state index < -0.39 is 12.1 Å².